The molecular weight excluding hydrogens is 356 g/mol. The highest BCUT2D eigenvalue weighted by molar-refractivity contribution is 6.06. The summed E-state index contributed by atoms with van der Waals surface area (Å²) in [4.78, 5) is 27.1. The van der Waals surface area contributed by atoms with Crippen LogP contribution in [0.4, 0.5) is 4.79 Å². The minimum absolute atomic E-state index is 0.00508. The molecule has 3 amide bonds. The Morgan fingerprint density at radius 1 is 1.04 bits per heavy atom. The predicted octanol–water partition coefficient (Wildman–Crippen LogP) is 3.28. The molecule has 7 heteroatoms. The Labute approximate surface area is 163 Å². The van der Waals surface area contributed by atoms with Gasteiger partial charge in [0.15, 0.2) is 0 Å². The number of carbonyl (C=O) groups excluding carboxylic acids is 2. The lowest BCUT2D eigenvalue weighted by Crippen LogP contribution is -2.47. The molecule has 3 rings (SSSR count). The summed E-state index contributed by atoms with van der Waals surface area (Å²) >= 11 is 0. The number of hydrogen-bond donors (Lipinski definition) is 4. The lowest BCUT2D eigenvalue weighted by Gasteiger charge is -2.13. The molecule has 1 atom stereocenters. The number of hydrogen-bond acceptors (Lipinski definition) is 3. The van der Waals surface area contributed by atoms with Gasteiger partial charge in [-0.2, -0.15) is 0 Å². The van der Waals surface area contributed by atoms with Gasteiger partial charge in [0.05, 0.1) is 11.7 Å². The Kier molecular flexibility index (Phi) is 6.64. The van der Waals surface area contributed by atoms with Gasteiger partial charge in [-0.25, -0.2) is 10.2 Å². The van der Waals surface area contributed by atoms with Gasteiger partial charge in [0.25, 0.3) is 5.91 Å². The molecule has 0 saturated carbocycles. The van der Waals surface area contributed by atoms with Crippen molar-refractivity contribution in [1.82, 2.24) is 21.2 Å². The van der Waals surface area contributed by atoms with Crippen molar-refractivity contribution >= 4 is 22.8 Å². The molecule has 2 aromatic carbocycles. The number of carbonyl (C=O) groups is 2. The van der Waals surface area contributed by atoms with Crippen LogP contribution in [0.15, 0.2) is 60.8 Å². The second kappa shape index (κ2) is 9.57. The number of amides is 3. The van der Waals surface area contributed by atoms with E-state index in [0.717, 1.165) is 16.5 Å². The molecule has 146 valence electrons. The van der Waals surface area contributed by atoms with E-state index in [-0.39, 0.29) is 12.0 Å². The molecule has 3 aromatic rings. The smallest absolute Gasteiger partial charge is 0.333 e. The highest BCUT2D eigenvalue weighted by Gasteiger charge is 2.12. The molecule has 0 unspecified atom stereocenters. The quantitative estimate of drug-likeness (QED) is 0.374. The van der Waals surface area contributed by atoms with Crippen LogP contribution in [0.25, 0.3) is 10.9 Å². The van der Waals surface area contributed by atoms with Crippen LogP contribution in [0, 0.1) is 0 Å². The number of H-pyrrole nitrogens is 1. The van der Waals surface area contributed by atoms with E-state index in [1.807, 2.05) is 61.5 Å². The molecule has 1 heterocycles. The van der Waals surface area contributed by atoms with Crippen LogP contribution in [0.1, 0.15) is 35.4 Å². The maximum Gasteiger partial charge on any atom is 0.333 e. The number of aromatic nitrogens is 1. The molecule has 0 spiro atoms. The van der Waals surface area contributed by atoms with Crippen molar-refractivity contribution in [2.45, 2.75) is 19.4 Å². The number of aromatic amines is 1. The molecule has 4 N–H and O–H groups in total. The van der Waals surface area contributed by atoms with E-state index in [1.165, 1.54) is 0 Å². The summed E-state index contributed by atoms with van der Waals surface area (Å²) in [5.41, 5.74) is 7.22. The van der Waals surface area contributed by atoms with Crippen LogP contribution >= 0.6 is 0 Å². The van der Waals surface area contributed by atoms with E-state index >= 15 is 0 Å². The van der Waals surface area contributed by atoms with Gasteiger partial charge in [0.2, 0.25) is 0 Å². The van der Waals surface area contributed by atoms with Crippen LogP contribution in [-0.2, 0) is 4.74 Å². The van der Waals surface area contributed by atoms with Crippen LogP contribution in [0.3, 0.4) is 0 Å². The van der Waals surface area contributed by atoms with Gasteiger partial charge >= 0.3 is 6.03 Å². The van der Waals surface area contributed by atoms with Crippen molar-refractivity contribution in [3.05, 3.63) is 71.9 Å². The van der Waals surface area contributed by atoms with Crippen molar-refractivity contribution < 1.29 is 14.3 Å². The normalized spacial score (nSPS) is 11.8. The molecule has 7 nitrogen and oxygen atoms in total. The van der Waals surface area contributed by atoms with E-state index < -0.39 is 6.03 Å². The molecule has 1 aromatic heterocycles. The average Bonchev–Trinajstić information content (AvgIpc) is 3.16. The third kappa shape index (κ3) is 5.11. The SMILES string of the molecule is C[C@H](OCCCNC(=O)NNC(=O)c1c[nH]c2ccccc12)c1ccccc1. The number of nitrogens with one attached hydrogen (secondary N) is 4. The van der Waals surface area contributed by atoms with Gasteiger partial charge in [0.1, 0.15) is 0 Å². The Balaban J connectivity index is 1.33. The number of hydrazine groups is 1. The Morgan fingerprint density at radius 2 is 1.79 bits per heavy atom. The number of urea groups is 1. The van der Waals surface area contributed by atoms with E-state index in [0.29, 0.717) is 25.1 Å². The molecular formula is C21H24N4O3. The summed E-state index contributed by atoms with van der Waals surface area (Å²) < 4.78 is 5.75. The van der Waals surface area contributed by atoms with Gasteiger partial charge in [-0.15, -0.1) is 0 Å². The first-order valence-corrected chi connectivity index (χ1v) is 9.22. The molecule has 0 aliphatic rings. The summed E-state index contributed by atoms with van der Waals surface area (Å²) in [6.07, 6.45) is 2.29. The topological polar surface area (TPSA) is 95.2 Å². The second-order valence-electron chi connectivity index (χ2n) is 6.36. The first-order chi connectivity index (χ1) is 13.6. The molecule has 0 radical (unpaired) electrons. The third-order valence-electron chi connectivity index (χ3n) is 4.37. The fourth-order valence-corrected chi connectivity index (χ4v) is 2.84. The van der Waals surface area contributed by atoms with Gasteiger partial charge in [-0.05, 0) is 25.0 Å². The zero-order valence-corrected chi connectivity index (χ0v) is 15.7. The van der Waals surface area contributed by atoms with E-state index in [2.05, 4.69) is 21.2 Å². The van der Waals surface area contributed by atoms with Gasteiger partial charge in [-0.1, -0.05) is 48.5 Å². The van der Waals surface area contributed by atoms with E-state index in [9.17, 15) is 9.59 Å². The molecule has 0 fully saturated rings. The highest BCUT2D eigenvalue weighted by atomic mass is 16.5. The second-order valence-corrected chi connectivity index (χ2v) is 6.36. The van der Waals surface area contributed by atoms with Crippen LogP contribution in [-0.4, -0.2) is 30.1 Å². The first kappa shape index (κ1) is 19.4. The molecule has 0 bridgehead atoms. The Morgan fingerprint density at radius 3 is 2.61 bits per heavy atom. The van der Waals surface area contributed by atoms with Gasteiger partial charge < -0.3 is 15.0 Å². The monoisotopic (exact) mass is 380 g/mol. The summed E-state index contributed by atoms with van der Waals surface area (Å²) in [5, 5.41) is 3.48. The number of para-hydroxylation sites is 1. The average molecular weight is 380 g/mol. The molecule has 28 heavy (non-hydrogen) atoms. The van der Waals surface area contributed by atoms with Crippen molar-refractivity contribution in [2.24, 2.45) is 0 Å². The summed E-state index contributed by atoms with van der Waals surface area (Å²) in [6.45, 7) is 2.96. The van der Waals surface area contributed by atoms with Crippen molar-refractivity contribution in [1.29, 1.82) is 0 Å². The van der Waals surface area contributed by atoms with Crippen molar-refractivity contribution in [3.8, 4) is 0 Å². The van der Waals surface area contributed by atoms with Crippen LogP contribution < -0.4 is 16.2 Å². The van der Waals surface area contributed by atoms with Gasteiger partial charge in [-0.3, -0.25) is 10.2 Å². The van der Waals surface area contributed by atoms with Crippen molar-refractivity contribution in [2.75, 3.05) is 13.2 Å². The van der Waals surface area contributed by atoms with E-state index in [4.69, 9.17) is 4.74 Å². The molecule has 0 aliphatic heterocycles. The number of ether oxygens (including phenoxy) is 1. The fraction of sp³-hybridized carbons (Fsp3) is 0.238. The molecule has 0 aliphatic carbocycles. The number of rotatable bonds is 7. The minimum Gasteiger partial charge on any atom is -0.374 e. The van der Waals surface area contributed by atoms with Crippen LogP contribution in [0.2, 0.25) is 0 Å². The summed E-state index contributed by atoms with van der Waals surface area (Å²) in [5.74, 6) is -0.382. The summed E-state index contributed by atoms with van der Waals surface area (Å²) in [6, 6.07) is 17.0. The maximum absolute atomic E-state index is 12.2. The lowest BCUT2D eigenvalue weighted by molar-refractivity contribution is 0.0643. The molecule has 0 saturated heterocycles. The number of fused-ring (bicyclic) bond motifs is 1. The summed E-state index contributed by atoms with van der Waals surface area (Å²) in [7, 11) is 0. The Bertz CT molecular complexity index is 924. The first-order valence-electron chi connectivity index (χ1n) is 9.22. The van der Waals surface area contributed by atoms with Crippen LogP contribution in [0.5, 0.6) is 0 Å². The zero-order chi connectivity index (χ0) is 19.8. The fourth-order valence-electron chi connectivity index (χ4n) is 2.84. The van der Waals surface area contributed by atoms with Gasteiger partial charge in [0, 0.05) is 30.3 Å². The third-order valence-corrected chi connectivity index (χ3v) is 4.37. The lowest BCUT2D eigenvalue weighted by atomic mass is 10.1. The standard InChI is InChI=1S/C21H24N4O3/c1-15(16-8-3-2-4-9-16)28-13-7-12-22-21(27)25-24-20(26)18-14-23-19-11-6-5-10-17(18)19/h2-6,8-11,14-15,23H,7,12-13H2,1H3,(H,24,26)(H2,22,25,27)/t15-/m0/s1. The Hall–Kier alpha value is -3.32. The van der Waals surface area contributed by atoms with Crippen molar-refractivity contribution in [3.63, 3.8) is 0 Å². The minimum atomic E-state index is -0.468. The maximum atomic E-state index is 12.2. The number of benzene rings is 2. The highest BCUT2D eigenvalue weighted by Crippen LogP contribution is 2.17. The predicted molar refractivity (Wildman–Crippen MR) is 108 cm³/mol. The van der Waals surface area contributed by atoms with E-state index in [1.54, 1.807) is 6.20 Å². The zero-order valence-electron chi connectivity index (χ0n) is 15.7. The largest absolute Gasteiger partial charge is 0.374 e.